The van der Waals surface area contributed by atoms with Crippen molar-refractivity contribution in [1.29, 1.82) is 0 Å². The molecule has 1 rings (SSSR count). The number of carbonyl (C=O) groups excluding carboxylic acids is 1. The van der Waals surface area contributed by atoms with Crippen molar-refractivity contribution in [3.05, 3.63) is 0 Å². The smallest absolute Gasteiger partial charge is 0.226 e. The van der Waals surface area contributed by atoms with Gasteiger partial charge in [-0.3, -0.25) is 4.79 Å². The lowest BCUT2D eigenvalue weighted by Gasteiger charge is -2.24. The van der Waals surface area contributed by atoms with Gasteiger partial charge in [0.2, 0.25) is 15.9 Å². The molecule has 0 aromatic heterocycles. The molecule has 0 saturated carbocycles. The number of hydrogen-bond acceptors (Lipinski definition) is 4. The minimum absolute atomic E-state index is 0.126. The van der Waals surface area contributed by atoms with Crippen LogP contribution in [-0.2, 0) is 14.8 Å². The van der Waals surface area contributed by atoms with Crippen LogP contribution in [0.1, 0.15) is 33.1 Å². The van der Waals surface area contributed by atoms with Crippen LogP contribution in [0.4, 0.5) is 0 Å². The first-order valence-corrected chi connectivity index (χ1v) is 8.82. The maximum absolute atomic E-state index is 12.0. The molecule has 118 valence electrons. The molecule has 0 atom stereocenters. The zero-order valence-corrected chi connectivity index (χ0v) is 13.5. The molecule has 1 aliphatic rings. The molecule has 6 nitrogen and oxygen atoms in total. The van der Waals surface area contributed by atoms with Gasteiger partial charge in [0.1, 0.15) is 0 Å². The highest BCUT2D eigenvalue weighted by Gasteiger charge is 2.28. The molecule has 20 heavy (non-hydrogen) atoms. The maximum atomic E-state index is 12.0. The van der Waals surface area contributed by atoms with Gasteiger partial charge in [-0.15, -0.1) is 0 Å². The second-order valence-corrected chi connectivity index (χ2v) is 8.01. The molecule has 0 radical (unpaired) electrons. The monoisotopic (exact) mass is 305 g/mol. The van der Waals surface area contributed by atoms with Gasteiger partial charge < -0.3 is 10.6 Å². The summed E-state index contributed by atoms with van der Waals surface area (Å²) in [6.07, 6.45) is 2.77. The Hall–Kier alpha value is -0.660. The highest BCUT2D eigenvalue weighted by molar-refractivity contribution is 7.89. The molecule has 0 unspecified atom stereocenters. The van der Waals surface area contributed by atoms with Crippen LogP contribution in [0.3, 0.4) is 0 Å². The average Bonchev–Trinajstić information content (AvgIpc) is 2.43. The minimum atomic E-state index is -3.31. The third-order valence-corrected chi connectivity index (χ3v) is 5.19. The summed E-state index contributed by atoms with van der Waals surface area (Å²) in [6, 6.07) is 0. The summed E-state index contributed by atoms with van der Waals surface area (Å²) in [5, 5.41) is 5.81. The zero-order valence-electron chi connectivity index (χ0n) is 12.7. The molecule has 7 heteroatoms. The second kappa shape index (κ2) is 7.38. The van der Waals surface area contributed by atoms with Crippen molar-refractivity contribution in [2.75, 3.05) is 32.4 Å². The number of amides is 1. The Bertz CT molecular complexity index is 415. The predicted octanol–water partition coefficient (Wildman–Crippen LogP) is 0.0677. The fourth-order valence-electron chi connectivity index (χ4n) is 2.27. The number of rotatable bonds is 7. The molecule has 1 saturated heterocycles. The van der Waals surface area contributed by atoms with E-state index in [2.05, 4.69) is 15.4 Å². The molecule has 1 heterocycles. The summed E-state index contributed by atoms with van der Waals surface area (Å²) in [5.41, 5.74) is -0.740. The first-order valence-electron chi connectivity index (χ1n) is 7.17. The van der Waals surface area contributed by atoms with Crippen LogP contribution < -0.4 is 15.4 Å². The molecule has 0 aromatic carbocycles. The maximum Gasteiger partial charge on any atom is 0.226 e. The Balaban J connectivity index is 2.39. The summed E-state index contributed by atoms with van der Waals surface area (Å²) in [4.78, 5) is 11.6. The molecule has 1 fully saturated rings. The van der Waals surface area contributed by atoms with Gasteiger partial charge in [0, 0.05) is 13.6 Å². The largest absolute Gasteiger partial charge is 0.359 e. The Morgan fingerprint density at radius 3 is 2.45 bits per heavy atom. The Morgan fingerprint density at radius 2 is 1.90 bits per heavy atom. The first-order chi connectivity index (χ1) is 9.27. The Morgan fingerprint density at radius 1 is 1.30 bits per heavy atom. The number of piperidine rings is 1. The summed E-state index contributed by atoms with van der Waals surface area (Å²) >= 11 is 0. The Kier molecular flexibility index (Phi) is 6.42. The SMILES string of the molecule is CNC(=O)C(C)(C)CNS(=O)(=O)CCC1CCNCC1. The van der Waals surface area contributed by atoms with Crippen molar-refractivity contribution in [3.8, 4) is 0 Å². The van der Waals surface area contributed by atoms with Crippen LogP contribution in [0.25, 0.3) is 0 Å². The van der Waals surface area contributed by atoms with Crippen molar-refractivity contribution in [2.24, 2.45) is 11.3 Å². The molecular formula is C13H27N3O3S. The van der Waals surface area contributed by atoms with Crippen LogP contribution >= 0.6 is 0 Å². The normalized spacial score (nSPS) is 17.9. The molecule has 3 N–H and O–H groups in total. The predicted molar refractivity (Wildman–Crippen MR) is 79.8 cm³/mol. The average molecular weight is 305 g/mol. The summed E-state index contributed by atoms with van der Waals surface area (Å²) in [6.45, 7) is 5.52. The van der Waals surface area contributed by atoms with Gasteiger partial charge in [0.15, 0.2) is 0 Å². The standard InChI is InChI=1S/C13H27N3O3S/c1-13(2,12(17)14-3)10-16-20(18,19)9-6-11-4-7-15-8-5-11/h11,15-16H,4-10H2,1-3H3,(H,14,17). The van der Waals surface area contributed by atoms with Gasteiger partial charge >= 0.3 is 0 Å². The van der Waals surface area contributed by atoms with E-state index in [9.17, 15) is 13.2 Å². The highest BCUT2D eigenvalue weighted by Crippen LogP contribution is 2.17. The molecule has 0 spiro atoms. The van der Waals surface area contributed by atoms with Crippen molar-refractivity contribution < 1.29 is 13.2 Å². The van der Waals surface area contributed by atoms with Crippen molar-refractivity contribution in [2.45, 2.75) is 33.1 Å². The Labute approximate surface area is 122 Å². The minimum Gasteiger partial charge on any atom is -0.359 e. The van der Waals surface area contributed by atoms with Gasteiger partial charge in [-0.2, -0.15) is 0 Å². The van der Waals surface area contributed by atoms with Gasteiger partial charge in [-0.1, -0.05) is 0 Å². The lowest BCUT2D eigenvalue weighted by Crippen LogP contribution is -2.44. The first kappa shape index (κ1) is 17.4. The summed E-state index contributed by atoms with van der Waals surface area (Å²) in [5.74, 6) is 0.458. The number of carbonyl (C=O) groups is 1. The summed E-state index contributed by atoms with van der Waals surface area (Å²) < 4.78 is 26.5. The van der Waals surface area contributed by atoms with E-state index in [1.807, 2.05) is 0 Å². The molecule has 1 amide bonds. The van der Waals surface area contributed by atoms with Crippen LogP contribution in [0.2, 0.25) is 0 Å². The van der Waals surface area contributed by atoms with E-state index in [1.54, 1.807) is 20.9 Å². The number of sulfonamides is 1. The van der Waals surface area contributed by atoms with E-state index in [-0.39, 0.29) is 18.2 Å². The fourth-order valence-corrected chi connectivity index (χ4v) is 3.64. The van der Waals surface area contributed by atoms with E-state index in [0.29, 0.717) is 12.3 Å². The molecular weight excluding hydrogens is 278 g/mol. The van der Waals surface area contributed by atoms with Gasteiger partial charge in [-0.25, -0.2) is 13.1 Å². The molecule has 1 aliphatic heterocycles. The van der Waals surface area contributed by atoms with Crippen LogP contribution in [-0.4, -0.2) is 46.8 Å². The van der Waals surface area contributed by atoms with Gasteiger partial charge in [-0.05, 0) is 52.1 Å². The lowest BCUT2D eigenvalue weighted by atomic mass is 9.93. The summed E-state index contributed by atoms with van der Waals surface area (Å²) in [7, 11) is -1.76. The van der Waals surface area contributed by atoms with Crippen molar-refractivity contribution >= 4 is 15.9 Å². The number of nitrogens with one attached hydrogen (secondary N) is 3. The van der Waals surface area contributed by atoms with E-state index in [1.165, 1.54) is 0 Å². The quantitative estimate of drug-likeness (QED) is 0.621. The number of hydrogen-bond donors (Lipinski definition) is 3. The van der Waals surface area contributed by atoms with E-state index < -0.39 is 15.4 Å². The van der Waals surface area contributed by atoms with Crippen LogP contribution in [0, 0.1) is 11.3 Å². The van der Waals surface area contributed by atoms with Crippen molar-refractivity contribution in [3.63, 3.8) is 0 Å². The van der Waals surface area contributed by atoms with E-state index >= 15 is 0 Å². The van der Waals surface area contributed by atoms with Gasteiger partial charge in [0.05, 0.1) is 11.2 Å². The van der Waals surface area contributed by atoms with Crippen molar-refractivity contribution in [1.82, 2.24) is 15.4 Å². The molecule has 0 bridgehead atoms. The lowest BCUT2D eigenvalue weighted by molar-refractivity contribution is -0.128. The topological polar surface area (TPSA) is 87.3 Å². The molecule has 0 aromatic rings. The van der Waals surface area contributed by atoms with Crippen LogP contribution in [0.15, 0.2) is 0 Å². The van der Waals surface area contributed by atoms with Crippen LogP contribution in [0.5, 0.6) is 0 Å². The third kappa shape index (κ3) is 5.76. The molecule has 0 aliphatic carbocycles. The highest BCUT2D eigenvalue weighted by atomic mass is 32.2. The van der Waals surface area contributed by atoms with Gasteiger partial charge in [0.25, 0.3) is 0 Å². The fraction of sp³-hybridized carbons (Fsp3) is 0.923. The van der Waals surface area contributed by atoms with E-state index in [0.717, 1.165) is 25.9 Å². The third-order valence-electron chi connectivity index (χ3n) is 3.83. The second-order valence-electron chi connectivity index (χ2n) is 6.09. The van der Waals surface area contributed by atoms with E-state index in [4.69, 9.17) is 0 Å². The zero-order chi connectivity index (χ0) is 15.2.